The number of benzene rings is 2. The highest BCUT2D eigenvalue weighted by Gasteiger charge is 2.17. The molecule has 1 heterocycles. The molecule has 0 saturated heterocycles. The predicted molar refractivity (Wildman–Crippen MR) is 94.7 cm³/mol. The first-order valence-electron chi connectivity index (χ1n) is 8.00. The van der Waals surface area contributed by atoms with Crippen LogP contribution < -0.4 is 10.1 Å². The average Bonchev–Trinajstić information content (AvgIpc) is 2.94. The van der Waals surface area contributed by atoms with Crippen LogP contribution in [0, 0.1) is 13.8 Å². The number of rotatable bonds is 5. The molecule has 3 rings (SSSR count). The fraction of sp³-hybridized carbons (Fsp3) is 0.250. The topological polar surface area (TPSA) is 51.5 Å². The van der Waals surface area contributed by atoms with Crippen molar-refractivity contribution >= 4 is 16.9 Å². The van der Waals surface area contributed by atoms with E-state index in [4.69, 9.17) is 9.15 Å². The van der Waals surface area contributed by atoms with Crippen LogP contribution >= 0.6 is 0 Å². The van der Waals surface area contributed by atoms with Crippen LogP contribution in [0.15, 0.2) is 46.9 Å². The van der Waals surface area contributed by atoms with Crippen molar-refractivity contribution in [1.82, 2.24) is 5.32 Å². The van der Waals surface area contributed by atoms with Crippen molar-refractivity contribution in [2.45, 2.75) is 20.3 Å². The largest absolute Gasteiger partial charge is 0.497 e. The van der Waals surface area contributed by atoms with Gasteiger partial charge in [-0.05, 0) is 43.5 Å². The quantitative estimate of drug-likeness (QED) is 0.771. The van der Waals surface area contributed by atoms with Gasteiger partial charge in [-0.25, -0.2) is 0 Å². The zero-order valence-corrected chi connectivity index (χ0v) is 14.2. The lowest BCUT2D eigenvalue weighted by atomic mass is 10.1. The number of furan rings is 1. The monoisotopic (exact) mass is 323 g/mol. The summed E-state index contributed by atoms with van der Waals surface area (Å²) in [4.78, 5) is 12.4. The lowest BCUT2D eigenvalue weighted by Gasteiger charge is -2.05. The number of ether oxygens (including phenoxy) is 1. The van der Waals surface area contributed by atoms with E-state index in [1.165, 1.54) is 0 Å². The number of aryl methyl sites for hydroxylation is 2. The Morgan fingerprint density at radius 1 is 1.12 bits per heavy atom. The molecule has 1 aromatic heterocycles. The molecule has 1 N–H and O–H groups in total. The summed E-state index contributed by atoms with van der Waals surface area (Å²) in [6.07, 6.45) is 0.758. The van der Waals surface area contributed by atoms with Gasteiger partial charge in [-0.3, -0.25) is 4.79 Å². The lowest BCUT2D eigenvalue weighted by Crippen LogP contribution is -2.25. The number of hydrogen-bond donors (Lipinski definition) is 1. The maximum Gasteiger partial charge on any atom is 0.287 e. The minimum absolute atomic E-state index is 0.170. The number of methoxy groups -OCH3 is 1. The molecule has 0 fully saturated rings. The third-order valence-electron chi connectivity index (χ3n) is 4.23. The van der Waals surface area contributed by atoms with Crippen molar-refractivity contribution in [2.75, 3.05) is 13.7 Å². The first-order chi connectivity index (χ1) is 11.6. The van der Waals surface area contributed by atoms with Crippen molar-refractivity contribution in [2.24, 2.45) is 0 Å². The Hall–Kier alpha value is -2.75. The van der Waals surface area contributed by atoms with Crippen LogP contribution in [0.1, 0.15) is 27.2 Å². The van der Waals surface area contributed by atoms with Crippen molar-refractivity contribution in [3.8, 4) is 5.75 Å². The number of nitrogens with one attached hydrogen (secondary N) is 1. The van der Waals surface area contributed by atoms with Gasteiger partial charge in [-0.2, -0.15) is 0 Å². The van der Waals surface area contributed by atoms with Gasteiger partial charge in [0, 0.05) is 17.5 Å². The van der Waals surface area contributed by atoms with E-state index in [2.05, 4.69) is 5.32 Å². The first-order valence-corrected chi connectivity index (χ1v) is 8.00. The molecule has 0 atom stereocenters. The molecule has 124 valence electrons. The van der Waals surface area contributed by atoms with E-state index in [0.717, 1.165) is 39.8 Å². The Balaban J connectivity index is 1.66. The summed E-state index contributed by atoms with van der Waals surface area (Å²) >= 11 is 0. The first kappa shape index (κ1) is 16.1. The van der Waals surface area contributed by atoms with E-state index in [9.17, 15) is 4.79 Å². The standard InChI is InChI=1S/C20H21NO3/c1-13-5-4-6-17-14(2)19(24-18(13)17)20(22)21-12-11-15-7-9-16(23-3)10-8-15/h4-10H,11-12H2,1-3H3,(H,21,22). The van der Waals surface area contributed by atoms with E-state index in [1.807, 2.05) is 56.3 Å². The Labute approximate surface area is 141 Å². The van der Waals surface area contributed by atoms with Crippen molar-refractivity contribution < 1.29 is 13.9 Å². The van der Waals surface area contributed by atoms with Crippen LogP contribution in [0.4, 0.5) is 0 Å². The van der Waals surface area contributed by atoms with Crippen LogP contribution in [0.5, 0.6) is 5.75 Å². The average molecular weight is 323 g/mol. The van der Waals surface area contributed by atoms with Crippen molar-refractivity contribution in [1.29, 1.82) is 0 Å². The summed E-state index contributed by atoms with van der Waals surface area (Å²) in [5.41, 5.74) is 3.85. The number of carbonyl (C=O) groups is 1. The molecule has 0 unspecified atom stereocenters. The molecule has 4 heteroatoms. The fourth-order valence-electron chi connectivity index (χ4n) is 2.79. The van der Waals surface area contributed by atoms with E-state index in [1.54, 1.807) is 7.11 Å². The van der Waals surface area contributed by atoms with Gasteiger partial charge in [0.1, 0.15) is 11.3 Å². The molecule has 24 heavy (non-hydrogen) atoms. The van der Waals surface area contributed by atoms with Gasteiger partial charge in [-0.15, -0.1) is 0 Å². The van der Waals surface area contributed by atoms with E-state index >= 15 is 0 Å². The van der Waals surface area contributed by atoms with Crippen LogP contribution in [0.25, 0.3) is 11.0 Å². The maximum absolute atomic E-state index is 12.4. The molecular weight excluding hydrogens is 302 g/mol. The number of fused-ring (bicyclic) bond motifs is 1. The fourth-order valence-corrected chi connectivity index (χ4v) is 2.79. The highest BCUT2D eigenvalue weighted by molar-refractivity contribution is 5.99. The van der Waals surface area contributed by atoms with E-state index < -0.39 is 0 Å². The normalized spacial score (nSPS) is 10.8. The van der Waals surface area contributed by atoms with Gasteiger partial charge in [0.2, 0.25) is 0 Å². The van der Waals surface area contributed by atoms with E-state index in [-0.39, 0.29) is 5.91 Å². The molecule has 0 bridgehead atoms. The molecule has 2 aromatic carbocycles. The second-order valence-corrected chi connectivity index (χ2v) is 5.86. The van der Waals surface area contributed by atoms with Gasteiger partial charge in [0.25, 0.3) is 5.91 Å². The SMILES string of the molecule is COc1ccc(CCNC(=O)c2oc3c(C)cccc3c2C)cc1. The van der Waals surface area contributed by atoms with Crippen molar-refractivity contribution in [3.05, 3.63) is 64.9 Å². The summed E-state index contributed by atoms with van der Waals surface area (Å²) in [7, 11) is 1.65. The van der Waals surface area contributed by atoms with Gasteiger partial charge in [-0.1, -0.05) is 30.3 Å². The summed E-state index contributed by atoms with van der Waals surface area (Å²) in [5, 5.41) is 3.93. The molecular formula is C20H21NO3. The smallest absolute Gasteiger partial charge is 0.287 e. The minimum atomic E-state index is -0.170. The minimum Gasteiger partial charge on any atom is -0.497 e. The Kier molecular flexibility index (Phi) is 4.56. The van der Waals surface area contributed by atoms with Gasteiger partial charge in [0.05, 0.1) is 7.11 Å². The molecule has 0 radical (unpaired) electrons. The third-order valence-corrected chi connectivity index (χ3v) is 4.23. The summed E-state index contributed by atoms with van der Waals surface area (Å²) in [6, 6.07) is 13.8. The van der Waals surface area contributed by atoms with Gasteiger partial charge >= 0.3 is 0 Å². The summed E-state index contributed by atoms with van der Waals surface area (Å²) in [6.45, 7) is 4.46. The van der Waals surface area contributed by atoms with Crippen molar-refractivity contribution in [3.63, 3.8) is 0 Å². The molecule has 0 aliphatic carbocycles. The number of para-hydroxylation sites is 1. The Bertz CT molecular complexity index is 862. The predicted octanol–water partition coefficient (Wildman–Crippen LogP) is 4.03. The summed E-state index contributed by atoms with van der Waals surface area (Å²) in [5.74, 6) is 1.06. The van der Waals surface area contributed by atoms with Crippen LogP contribution in [0.3, 0.4) is 0 Å². The van der Waals surface area contributed by atoms with E-state index in [0.29, 0.717) is 12.3 Å². The highest BCUT2D eigenvalue weighted by atomic mass is 16.5. The molecule has 1 amide bonds. The number of amides is 1. The molecule has 4 nitrogen and oxygen atoms in total. The molecule has 0 spiro atoms. The van der Waals surface area contributed by atoms with Crippen LogP contribution in [0.2, 0.25) is 0 Å². The Morgan fingerprint density at radius 2 is 1.88 bits per heavy atom. The molecule has 0 saturated carbocycles. The second-order valence-electron chi connectivity index (χ2n) is 5.86. The summed E-state index contributed by atoms with van der Waals surface area (Å²) < 4.78 is 10.9. The molecule has 3 aromatic rings. The zero-order chi connectivity index (χ0) is 17.1. The molecule has 0 aliphatic rings. The zero-order valence-electron chi connectivity index (χ0n) is 14.2. The molecule has 0 aliphatic heterocycles. The maximum atomic E-state index is 12.4. The lowest BCUT2D eigenvalue weighted by molar-refractivity contribution is 0.0927. The van der Waals surface area contributed by atoms with Crippen LogP contribution in [-0.2, 0) is 6.42 Å². The van der Waals surface area contributed by atoms with Gasteiger partial charge < -0.3 is 14.5 Å². The number of carbonyl (C=O) groups excluding carboxylic acids is 1. The third kappa shape index (κ3) is 3.13. The highest BCUT2D eigenvalue weighted by Crippen LogP contribution is 2.27. The van der Waals surface area contributed by atoms with Gasteiger partial charge in [0.15, 0.2) is 5.76 Å². The second kappa shape index (κ2) is 6.79. The van der Waals surface area contributed by atoms with Crippen LogP contribution in [-0.4, -0.2) is 19.6 Å². The Morgan fingerprint density at radius 3 is 2.54 bits per heavy atom. The number of hydrogen-bond acceptors (Lipinski definition) is 3.